The lowest BCUT2D eigenvalue weighted by Gasteiger charge is -2.24. The van der Waals surface area contributed by atoms with Gasteiger partial charge in [-0.15, -0.1) is 0 Å². The third-order valence-corrected chi connectivity index (χ3v) is 3.98. The number of anilines is 1. The molecule has 4 N–H and O–H groups in total. The van der Waals surface area contributed by atoms with Crippen molar-refractivity contribution in [1.29, 1.82) is 0 Å². The van der Waals surface area contributed by atoms with Gasteiger partial charge in [-0.2, -0.15) is 0 Å². The number of pyridine rings is 1. The zero-order valence-electron chi connectivity index (χ0n) is 13.9. The highest BCUT2D eigenvalue weighted by atomic mass is 16.3. The SMILES string of the molecule is O=C(Cc1ccc(O)cc1)NCC(=O)NC1Cc2cnccc2NC1=O. The number of nitrogens with one attached hydrogen (secondary N) is 3. The van der Waals surface area contributed by atoms with Crippen LogP contribution in [-0.2, 0) is 27.2 Å². The fourth-order valence-corrected chi connectivity index (χ4v) is 2.65. The van der Waals surface area contributed by atoms with E-state index in [0.717, 1.165) is 11.1 Å². The Labute approximate surface area is 149 Å². The van der Waals surface area contributed by atoms with Crippen LogP contribution in [0, 0.1) is 0 Å². The van der Waals surface area contributed by atoms with Crippen molar-refractivity contribution < 1.29 is 19.5 Å². The van der Waals surface area contributed by atoms with E-state index in [2.05, 4.69) is 20.9 Å². The number of hydrogen-bond acceptors (Lipinski definition) is 5. The van der Waals surface area contributed by atoms with Crippen molar-refractivity contribution in [1.82, 2.24) is 15.6 Å². The second-order valence-electron chi connectivity index (χ2n) is 5.97. The van der Waals surface area contributed by atoms with Crippen LogP contribution < -0.4 is 16.0 Å². The summed E-state index contributed by atoms with van der Waals surface area (Å²) in [6, 6.07) is 7.25. The Balaban J connectivity index is 1.47. The predicted molar refractivity (Wildman–Crippen MR) is 93.3 cm³/mol. The summed E-state index contributed by atoms with van der Waals surface area (Å²) < 4.78 is 0. The van der Waals surface area contributed by atoms with Crippen LogP contribution in [0.15, 0.2) is 42.7 Å². The van der Waals surface area contributed by atoms with Crippen molar-refractivity contribution in [2.45, 2.75) is 18.9 Å². The van der Waals surface area contributed by atoms with E-state index in [4.69, 9.17) is 0 Å². The molecular weight excluding hydrogens is 336 g/mol. The predicted octanol–water partition coefficient (Wildman–Crippen LogP) is 0.125. The van der Waals surface area contributed by atoms with E-state index in [1.165, 1.54) is 12.1 Å². The van der Waals surface area contributed by atoms with E-state index in [1.807, 2.05) is 0 Å². The van der Waals surface area contributed by atoms with E-state index >= 15 is 0 Å². The zero-order chi connectivity index (χ0) is 18.5. The first-order valence-corrected chi connectivity index (χ1v) is 8.09. The third kappa shape index (κ3) is 4.35. The Morgan fingerprint density at radius 3 is 2.73 bits per heavy atom. The van der Waals surface area contributed by atoms with Gasteiger partial charge < -0.3 is 21.1 Å². The van der Waals surface area contributed by atoms with E-state index in [0.29, 0.717) is 12.1 Å². The summed E-state index contributed by atoms with van der Waals surface area (Å²) >= 11 is 0. The smallest absolute Gasteiger partial charge is 0.247 e. The Kier molecular flexibility index (Phi) is 5.12. The second kappa shape index (κ2) is 7.64. The number of aromatic hydroxyl groups is 1. The summed E-state index contributed by atoms with van der Waals surface area (Å²) in [6.45, 7) is -0.222. The molecule has 0 aliphatic carbocycles. The number of nitrogens with zero attached hydrogens (tertiary/aromatic N) is 1. The van der Waals surface area contributed by atoms with Gasteiger partial charge in [-0.1, -0.05) is 12.1 Å². The first-order valence-electron chi connectivity index (χ1n) is 8.09. The molecule has 3 amide bonds. The van der Waals surface area contributed by atoms with Crippen LogP contribution in [0.5, 0.6) is 5.75 Å². The number of benzene rings is 1. The maximum absolute atomic E-state index is 12.0. The van der Waals surface area contributed by atoms with E-state index in [9.17, 15) is 19.5 Å². The minimum atomic E-state index is -0.701. The molecule has 2 heterocycles. The molecule has 8 heteroatoms. The van der Waals surface area contributed by atoms with Gasteiger partial charge in [0.1, 0.15) is 11.8 Å². The molecule has 26 heavy (non-hydrogen) atoms. The molecule has 1 aromatic carbocycles. The fourth-order valence-electron chi connectivity index (χ4n) is 2.65. The second-order valence-corrected chi connectivity index (χ2v) is 5.97. The molecule has 1 aromatic heterocycles. The average molecular weight is 354 g/mol. The summed E-state index contributed by atoms with van der Waals surface area (Å²) in [6.07, 6.45) is 3.67. The van der Waals surface area contributed by atoms with Crippen LogP contribution in [0.4, 0.5) is 5.69 Å². The minimum absolute atomic E-state index is 0.0938. The van der Waals surface area contributed by atoms with Crippen molar-refractivity contribution in [2.75, 3.05) is 11.9 Å². The molecule has 3 rings (SSSR count). The molecule has 0 spiro atoms. The Hall–Kier alpha value is -3.42. The molecular formula is C18H18N4O4. The van der Waals surface area contributed by atoms with E-state index < -0.39 is 11.9 Å². The maximum atomic E-state index is 12.0. The monoisotopic (exact) mass is 354 g/mol. The topological polar surface area (TPSA) is 120 Å². The standard InChI is InChI=1S/C18H18N4O4/c23-13-3-1-11(2-4-13)7-16(24)20-10-17(25)21-15-8-12-9-19-6-5-14(12)22-18(15)26/h1-6,9,15,23H,7-8,10H2,(H,20,24)(H,21,25)(H,22,26). The number of rotatable bonds is 5. The number of carbonyl (C=O) groups is 3. The Morgan fingerprint density at radius 2 is 1.96 bits per heavy atom. The summed E-state index contributed by atoms with van der Waals surface area (Å²) in [5.74, 6) is -0.950. The third-order valence-electron chi connectivity index (χ3n) is 3.98. The highest BCUT2D eigenvalue weighted by molar-refractivity contribution is 6.00. The van der Waals surface area contributed by atoms with Crippen molar-refractivity contribution in [3.8, 4) is 5.75 Å². The number of hydrogen-bond donors (Lipinski definition) is 4. The summed E-state index contributed by atoms with van der Waals surface area (Å²) in [5, 5.41) is 17.1. The molecule has 134 valence electrons. The van der Waals surface area contributed by atoms with Gasteiger partial charge in [0.25, 0.3) is 0 Å². The van der Waals surface area contributed by atoms with Gasteiger partial charge in [-0.3, -0.25) is 19.4 Å². The van der Waals surface area contributed by atoms with Crippen LogP contribution in [-0.4, -0.2) is 40.4 Å². The quantitative estimate of drug-likeness (QED) is 0.608. The normalized spacial score (nSPS) is 15.5. The number of phenolic OH excluding ortho intramolecular Hbond substituents is 1. The lowest BCUT2D eigenvalue weighted by molar-refractivity contribution is -0.128. The lowest BCUT2D eigenvalue weighted by atomic mass is 10.0. The molecule has 0 fully saturated rings. The summed E-state index contributed by atoms with van der Waals surface area (Å²) in [4.78, 5) is 39.9. The zero-order valence-corrected chi connectivity index (χ0v) is 13.9. The molecule has 0 saturated carbocycles. The van der Waals surface area contributed by atoms with Gasteiger partial charge in [-0.05, 0) is 29.3 Å². The van der Waals surface area contributed by atoms with Crippen LogP contribution in [0.2, 0.25) is 0 Å². The van der Waals surface area contributed by atoms with Crippen LogP contribution in [0.25, 0.3) is 0 Å². The number of phenols is 1. The van der Waals surface area contributed by atoms with Crippen molar-refractivity contribution in [3.05, 3.63) is 53.9 Å². The largest absolute Gasteiger partial charge is 0.508 e. The van der Waals surface area contributed by atoms with Crippen molar-refractivity contribution >= 4 is 23.4 Å². The number of fused-ring (bicyclic) bond motifs is 1. The van der Waals surface area contributed by atoms with Gasteiger partial charge in [0.15, 0.2) is 0 Å². The van der Waals surface area contributed by atoms with E-state index in [1.54, 1.807) is 30.6 Å². The minimum Gasteiger partial charge on any atom is -0.508 e. The summed E-state index contributed by atoms with van der Waals surface area (Å²) in [5.41, 5.74) is 2.25. The maximum Gasteiger partial charge on any atom is 0.247 e. The Bertz CT molecular complexity index is 835. The van der Waals surface area contributed by atoms with Crippen LogP contribution >= 0.6 is 0 Å². The molecule has 0 radical (unpaired) electrons. The number of aromatic nitrogens is 1. The van der Waals surface area contributed by atoms with Gasteiger partial charge in [0, 0.05) is 24.5 Å². The van der Waals surface area contributed by atoms with Crippen LogP contribution in [0.1, 0.15) is 11.1 Å². The molecule has 1 aliphatic rings. The van der Waals surface area contributed by atoms with Crippen LogP contribution in [0.3, 0.4) is 0 Å². The van der Waals surface area contributed by atoms with Gasteiger partial charge in [0.05, 0.1) is 13.0 Å². The molecule has 8 nitrogen and oxygen atoms in total. The molecule has 0 bridgehead atoms. The average Bonchev–Trinajstić information content (AvgIpc) is 2.62. The lowest BCUT2D eigenvalue weighted by Crippen LogP contribution is -2.50. The van der Waals surface area contributed by atoms with Crippen molar-refractivity contribution in [3.63, 3.8) is 0 Å². The van der Waals surface area contributed by atoms with Crippen molar-refractivity contribution in [2.24, 2.45) is 0 Å². The Morgan fingerprint density at radius 1 is 1.19 bits per heavy atom. The number of amides is 3. The first-order chi connectivity index (χ1) is 12.5. The molecule has 1 aliphatic heterocycles. The van der Waals surface area contributed by atoms with Gasteiger partial charge >= 0.3 is 0 Å². The van der Waals surface area contributed by atoms with Gasteiger partial charge in [-0.25, -0.2) is 0 Å². The summed E-state index contributed by atoms with van der Waals surface area (Å²) in [7, 11) is 0. The van der Waals surface area contributed by atoms with E-state index in [-0.39, 0.29) is 30.5 Å². The number of carbonyl (C=O) groups excluding carboxylic acids is 3. The first kappa shape index (κ1) is 17.4. The fraction of sp³-hybridized carbons (Fsp3) is 0.222. The highest BCUT2D eigenvalue weighted by Crippen LogP contribution is 2.20. The molecule has 1 unspecified atom stereocenters. The van der Waals surface area contributed by atoms with Gasteiger partial charge in [0.2, 0.25) is 17.7 Å². The highest BCUT2D eigenvalue weighted by Gasteiger charge is 2.27. The molecule has 2 aromatic rings. The molecule has 1 atom stereocenters. The molecule has 0 saturated heterocycles.